The molecule has 23 heavy (non-hydrogen) atoms. The third-order valence-electron chi connectivity index (χ3n) is 4.19. The first kappa shape index (κ1) is 16.0. The fourth-order valence-corrected chi connectivity index (χ4v) is 3.79. The zero-order valence-corrected chi connectivity index (χ0v) is 14.8. The summed E-state index contributed by atoms with van der Waals surface area (Å²) in [6.45, 7) is 5.00. The van der Waals surface area contributed by atoms with E-state index in [2.05, 4.69) is 38.4 Å². The van der Waals surface area contributed by atoms with Crippen LogP contribution in [-0.4, -0.2) is 52.3 Å². The highest BCUT2D eigenvalue weighted by Gasteiger charge is 2.26. The number of thiazole rings is 1. The monoisotopic (exact) mass is 332 g/mol. The molecule has 3 heterocycles. The third-order valence-corrected chi connectivity index (χ3v) is 5.16. The Morgan fingerprint density at radius 3 is 3.00 bits per heavy atom. The Labute approximate surface area is 141 Å². The number of aryl methyl sites for hydroxylation is 2. The van der Waals surface area contributed by atoms with Crippen molar-refractivity contribution in [1.82, 2.24) is 25.0 Å². The van der Waals surface area contributed by atoms with E-state index in [9.17, 15) is 0 Å². The second kappa shape index (κ2) is 7.12. The summed E-state index contributed by atoms with van der Waals surface area (Å²) in [5.41, 5.74) is 1.32. The zero-order chi connectivity index (χ0) is 16.2. The highest BCUT2D eigenvalue weighted by Crippen LogP contribution is 2.26. The van der Waals surface area contributed by atoms with Crippen molar-refractivity contribution in [3.63, 3.8) is 0 Å². The lowest BCUT2D eigenvalue weighted by molar-refractivity contribution is 0.486. The fraction of sp³-hybridized carbons (Fsp3) is 0.562. The molecule has 1 atom stereocenters. The predicted octanol–water partition coefficient (Wildman–Crippen LogP) is 1.79. The lowest BCUT2D eigenvalue weighted by Crippen LogP contribution is -2.40. The Morgan fingerprint density at radius 2 is 2.35 bits per heavy atom. The maximum Gasteiger partial charge on any atom is 0.193 e. The van der Waals surface area contributed by atoms with Gasteiger partial charge in [0.15, 0.2) is 5.96 Å². The fourth-order valence-electron chi connectivity index (χ4n) is 3.01. The molecule has 1 aliphatic heterocycles. The molecule has 0 spiro atoms. The summed E-state index contributed by atoms with van der Waals surface area (Å²) in [5, 5.41) is 8.93. The Kier molecular flexibility index (Phi) is 4.95. The maximum atomic E-state index is 4.43. The molecule has 0 amide bonds. The van der Waals surface area contributed by atoms with Crippen LogP contribution in [0.2, 0.25) is 0 Å². The van der Waals surface area contributed by atoms with Crippen LogP contribution in [0.4, 0.5) is 0 Å². The largest absolute Gasteiger partial charge is 0.356 e. The first-order valence-electron chi connectivity index (χ1n) is 8.01. The van der Waals surface area contributed by atoms with Crippen LogP contribution >= 0.6 is 11.3 Å². The molecule has 0 aliphatic carbocycles. The summed E-state index contributed by atoms with van der Waals surface area (Å²) in [6.07, 6.45) is 8.13. The minimum Gasteiger partial charge on any atom is -0.356 e. The number of hydrogen-bond donors (Lipinski definition) is 1. The minimum absolute atomic E-state index is 0.545. The lowest BCUT2D eigenvalue weighted by atomic mass is 10.0. The molecule has 1 unspecified atom stereocenters. The summed E-state index contributed by atoms with van der Waals surface area (Å²) >= 11 is 1.77. The minimum atomic E-state index is 0.545. The van der Waals surface area contributed by atoms with E-state index in [4.69, 9.17) is 0 Å². The molecule has 124 valence electrons. The molecule has 1 saturated heterocycles. The standard InChI is InChI=1S/C16H24N6S/c1-12-8-19-15(23-12)4-6-18-16(17-2)22-7-5-13(11-22)14-9-20-21(3)10-14/h8-10,13H,4-7,11H2,1-3H3,(H,17,18). The van der Waals surface area contributed by atoms with Crippen LogP contribution in [-0.2, 0) is 13.5 Å². The summed E-state index contributed by atoms with van der Waals surface area (Å²) in [5.74, 6) is 1.54. The number of aliphatic imine (C=N–C) groups is 1. The Morgan fingerprint density at radius 1 is 1.48 bits per heavy atom. The molecule has 0 saturated carbocycles. The van der Waals surface area contributed by atoms with E-state index >= 15 is 0 Å². The smallest absolute Gasteiger partial charge is 0.193 e. The zero-order valence-electron chi connectivity index (χ0n) is 14.0. The Hall–Kier alpha value is -1.89. The molecule has 1 aliphatic rings. The van der Waals surface area contributed by atoms with Crippen molar-refractivity contribution >= 4 is 17.3 Å². The van der Waals surface area contributed by atoms with Gasteiger partial charge in [-0.2, -0.15) is 5.10 Å². The number of nitrogens with one attached hydrogen (secondary N) is 1. The van der Waals surface area contributed by atoms with Gasteiger partial charge >= 0.3 is 0 Å². The van der Waals surface area contributed by atoms with Crippen LogP contribution < -0.4 is 5.32 Å². The number of rotatable bonds is 4. The van der Waals surface area contributed by atoms with Crippen molar-refractivity contribution in [1.29, 1.82) is 0 Å². The van der Waals surface area contributed by atoms with E-state index in [0.29, 0.717) is 5.92 Å². The average molecular weight is 332 g/mol. The Balaban J connectivity index is 1.51. The molecule has 1 N–H and O–H groups in total. The molecule has 0 aromatic carbocycles. The normalized spacial score (nSPS) is 18.7. The topological polar surface area (TPSA) is 58.3 Å². The van der Waals surface area contributed by atoms with Gasteiger partial charge in [-0.3, -0.25) is 9.67 Å². The molecule has 1 fully saturated rings. The van der Waals surface area contributed by atoms with Crippen LogP contribution in [0, 0.1) is 6.92 Å². The molecule has 3 rings (SSSR count). The van der Waals surface area contributed by atoms with E-state index in [1.807, 2.05) is 31.2 Å². The number of guanidine groups is 1. The summed E-state index contributed by atoms with van der Waals surface area (Å²) in [4.78, 5) is 12.4. The van der Waals surface area contributed by atoms with Gasteiger partial charge in [0.2, 0.25) is 0 Å². The van der Waals surface area contributed by atoms with Crippen LogP contribution in [0.1, 0.15) is 27.8 Å². The summed E-state index contributed by atoms with van der Waals surface area (Å²) in [7, 11) is 3.82. The van der Waals surface area contributed by atoms with Gasteiger partial charge in [0.1, 0.15) is 0 Å². The van der Waals surface area contributed by atoms with Crippen molar-refractivity contribution in [2.24, 2.45) is 12.0 Å². The van der Waals surface area contributed by atoms with E-state index in [1.54, 1.807) is 11.3 Å². The van der Waals surface area contributed by atoms with Gasteiger partial charge in [-0.05, 0) is 18.9 Å². The quantitative estimate of drug-likeness (QED) is 0.685. The second-order valence-electron chi connectivity index (χ2n) is 5.97. The highest BCUT2D eigenvalue weighted by atomic mass is 32.1. The first-order valence-corrected chi connectivity index (χ1v) is 8.83. The van der Waals surface area contributed by atoms with E-state index in [-0.39, 0.29) is 0 Å². The van der Waals surface area contributed by atoms with Crippen molar-refractivity contribution in [2.45, 2.75) is 25.7 Å². The number of likely N-dealkylation sites (tertiary alicyclic amines) is 1. The van der Waals surface area contributed by atoms with E-state index in [0.717, 1.165) is 38.4 Å². The van der Waals surface area contributed by atoms with Gasteiger partial charge in [0.25, 0.3) is 0 Å². The number of hydrogen-bond acceptors (Lipinski definition) is 4. The molecule has 0 bridgehead atoms. The first-order chi connectivity index (χ1) is 11.2. The molecular formula is C16H24N6S. The molecular weight excluding hydrogens is 308 g/mol. The van der Waals surface area contributed by atoms with Crippen LogP contribution in [0.15, 0.2) is 23.6 Å². The molecule has 6 nitrogen and oxygen atoms in total. The van der Waals surface area contributed by atoms with Gasteiger partial charge in [-0.25, -0.2) is 4.98 Å². The highest BCUT2D eigenvalue weighted by molar-refractivity contribution is 7.11. The van der Waals surface area contributed by atoms with Crippen molar-refractivity contribution in [3.8, 4) is 0 Å². The van der Waals surface area contributed by atoms with Crippen molar-refractivity contribution in [2.75, 3.05) is 26.7 Å². The molecule has 0 radical (unpaired) electrons. The van der Waals surface area contributed by atoms with Gasteiger partial charge in [-0.1, -0.05) is 0 Å². The number of aromatic nitrogens is 3. The average Bonchev–Trinajstić information content (AvgIpc) is 3.25. The maximum absolute atomic E-state index is 4.43. The lowest BCUT2D eigenvalue weighted by Gasteiger charge is -2.21. The second-order valence-corrected chi connectivity index (χ2v) is 7.29. The van der Waals surface area contributed by atoms with Crippen LogP contribution in [0.5, 0.6) is 0 Å². The van der Waals surface area contributed by atoms with Gasteiger partial charge in [-0.15, -0.1) is 11.3 Å². The van der Waals surface area contributed by atoms with Crippen molar-refractivity contribution < 1.29 is 0 Å². The molecule has 2 aromatic rings. The SMILES string of the molecule is CN=C(NCCc1ncc(C)s1)N1CCC(c2cnn(C)c2)C1. The van der Waals surface area contributed by atoms with Gasteiger partial charge in [0, 0.05) is 63.3 Å². The third kappa shape index (κ3) is 3.90. The Bertz CT molecular complexity index is 674. The van der Waals surface area contributed by atoms with Gasteiger partial charge < -0.3 is 10.2 Å². The van der Waals surface area contributed by atoms with E-state index in [1.165, 1.54) is 15.4 Å². The number of nitrogens with zero attached hydrogens (tertiary/aromatic N) is 5. The molecule has 2 aromatic heterocycles. The van der Waals surface area contributed by atoms with Crippen LogP contribution in [0.25, 0.3) is 0 Å². The summed E-state index contributed by atoms with van der Waals surface area (Å²) < 4.78 is 1.88. The van der Waals surface area contributed by atoms with Crippen molar-refractivity contribution in [3.05, 3.63) is 34.0 Å². The predicted molar refractivity (Wildman–Crippen MR) is 94.1 cm³/mol. The van der Waals surface area contributed by atoms with Crippen LogP contribution in [0.3, 0.4) is 0 Å². The van der Waals surface area contributed by atoms with E-state index < -0.39 is 0 Å². The van der Waals surface area contributed by atoms with Gasteiger partial charge in [0.05, 0.1) is 11.2 Å². The molecule has 7 heteroatoms. The summed E-state index contributed by atoms with van der Waals surface area (Å²) in [6, 6.07) is 0.